The molecule has 1 aromatic carbocycles. The van der Waals surface area contributed by atoms with E-state index in [9.17, 15) is 9.59 Å². The Labute approximate surface area is 164 Å². The largest absolute Gasteiger partial charge is 0.487 e. The fourth-order valence-electron chi connectivity index (χ4n) is 4.21. The number of fused-ring (bicyclic) bond motifs is 1. The molecule has 1 aromatic heterocycles. The monoisotopic (exact) mass is 379 g/mol. The number of para-hydroxylation sites is 1. The Morgan fingerprint density at radius 2 is 2.04 bits per heavy atom. The first-order chi connectivity index (χ1) is 13.6. The molecule has 0 unspecified atom stereocenters. The first kappa shape index (κ1) is 18.5. The van der Waals surface area contributed by atoms with Gasteiger partial charge in [0.05, 0.1) is 6.04 Å². The molecule has 0 aliphatic carbocycles. The zero-order valence-corrected chi connectivity index (χ0v) is 16.1. The molecule has 1 N–H and O–H groups in total. The van der Waals surface area contributed by atoms with Crippen molar-refractivity contribution < 1.29 is 14.3 Å². The molecule has 6 heteroatoms. The van der Waals surface area contributed by atoms with Crippen LogP contribution in [0.4, 0.5) is 0 Å². The summed E-state index contributed by atoms with van der Waals surface area (Å²) in [6.45, 7) is 3.40. The first-order valence-corrected chi connectivity index (χ1v) is 9.87. The van der Waals surface area contributed by atoms with Crippen LogP contribution in [-0.4, -0.2) is 40.4 Å². The Morgan fingerprint density at radius 1 is 1.25 bits per heavy atom. The molecule has 4 rings (SSSR count). The predicted octanol–water partition coefficient (Wildman–Crippen LogP) is 3.11. The molecule has 1 fully saturated rings. The Morgan fingerprint density at radius 3 is 2.82 bits per heavy atom. The minimum Gasteiger partial charge on any atom is -0.487 e. The lowest BCUT2D eigenvalue weighted by Crippen LogP contribution is -2.46. The van der Waals surface area contributed by atoms with Gasteiger partial charge in [0.1, 0.15) is 11.4 Å². The van der Waals surface area contributed by atoms with E-state index >= 15 is 0 Å². The van der Waals surface area contributed by atoms with Crippen LogP contribution in [0.1, 0.15) is 54.6 Å². The lowest BCUT2D eigenvalue weighted by Gasteiger charge is -2.42. The fraction of sp³-hybridized carbons (Fsp3) is 0.409. The van der Waals surface area contributed by atoms with E-state index in [4.69, 9.17) is 4.74 Å². The van der Waals surface area contributed by atoms with Gasteiger partial charge in [-0.3, -0.25) is 14.6 Å². The molecule has 2 aliphatic rings. The van der Waals surface area contributed by atoms with Gasteiger partial charge >= 0.3 is 0 Å². The van der Waals surface area contributed by atoms with E-state index in [-0.39, 0.29) is 17.9 Å². The van der Waals surface area contributed by atoms with Crippen molar-refractivity contribution in [1.82, 2.24) is 15.2 Å². The Bertz CT molecular complexity index is 870. The number of carbonyl (C=O) groups excluding carboxylic acids is 2. The third-order valence-electron chi connectivity index (χ3n) is 5.81. The summed E-state index contributed by atoms with van der Waals surface area (Å²) in [5.41, 5.74) is 1.13. The van der Waals surface area contributed by atoms with Crippen LogP contribution in [0.2, 0.25) is 0 Å². The van der Waals surface area contributed by atoms with E-state index in [0.717, 1.165) is 17.7 Å². The van der Waals surface area contributed by atoms with Gasteiger partial charge in [-0.25, -0.2) is 0 Å². The summed E-state index contributed by atoms with van der Waals surface area (Å²) in [6, 6.07) is 11.1. The highest BCUT2D eigenvalue weighted by Crippen LogP contribution is 2.44. The summed E-state index contributed by atoms with van der Waals surface area (Å²) in [7, 11) is 0. The number of hydrogen-bond donors (Lipinski definition) is 1. The van der Waals surface area contributed by atoms with Crippen LogP contribution in [0.5, 0.6) is 5.75 Å². The van der Waals surface area contributed by atoms with Crippen LogP contribution in [-0.2, 0) is 4.79 Å². The number of nitrogens with one attached hydrogen (secondary N) is 1. The maximum absolute atomic E-state index is 12.8. The average molecular weight is 379 g/mol. The number of ether oxygens (including phenoxy) is 1. The number of rotatable bonds is 3. The van der Waals surface area contributed by atoms with E-state index in [1.165, 1.54) is 0 Å². The summed E-state index contributed by atoms with van der Waals surface area (Å²) in [4.78, 5) is 31.0. The molecule has 2 aliphatic heterocycles. The van der Waals surface area contributed by atoms with Crippen molar-refractivity contribution in [2.75, 3.05) is 13.1 Å². The molecule has 2 aromatic rings. The molecule has 6 nitrogen and oxygen atoms in total. The highest BCUT2D eigenvalue weighted by molar-refractivity contribution is 5.94. The van der Waals surface area contributed by atoms with E-state index in [2.05, 4.69) is 10.3 Å². The molecule has 1 saturated heterocycles. The normalized spacial score (nSPS) is 24.2. The number of amides is 2. The zero-order valence-electron chi connectivity index (χ0n) is 16.1. The molecule has 2 atom stereocenters. The van der Waals surface area contributed by atoms with Gasteiger partial charge in [-0.2, -0.15) is 0 Å². The van der Waals surface area contributed by atoms with Crippen LogP contribution in [0.3, 0.4) is 0 Å². The van der Waals surface area contributed by atoms with Crippen molar-refractivity contribution in [3.05, 3.63) is 59.9 Å². The van der Waals surface area contributed by atoms with Crippen molar-refractivity contribution in [3.63, 3.8) is 0 Å². The summed E-state index contributed by atoms with van der Waals surface area (Å²) in [5.74, 6) is 0.851. The van der Waals surface area contributed by atoms with E-state index in [1.807, 2.05) is 36.1 Å². The number of hydrogen-bond acceptors (Lipinski definition) is 4. The molecular formula is C22H25N3O3. The standard InChI is InChI=1S/C22H25N3O3/c1-2-25-14-11-22(10-7-20(25)26)15-18(17-5-3-4-6-19(17)28-22)24-21(27)16-8-12-23-13-9-16/h3-6,8-9,12-13,18H,2,7,10-11,14-15H2,1H3,(H,24,27)/t18-,22-/m1/s1. The number of likely N-dealkylation sites (tertiary alicyclic amines) is 1. The third kappa shape index (κ3) is 3.59. The van der Waals surface area contributed by atoms with Crippen molar-refractivity contribution in [2.24, 2.45) is 0 Å². The molecule has 1 spiro atoms. The lowest BCUT2D eigenvalue weighted by molar-refractivity contribution is -0.130. The van der Waals surface area contributed by atoms with Gasteiger partial charge in [0.25, 0.3) is 5.91 Å². The topological polar surface area (TPSA) is 71.5 Å². The summed E-state index contributed by atoms with van der Waals surface area (Å²) in [5, 5.41) is 3.17. The molecule has 28 heavy (non-hydrogen) atoms. The van der Waals surface area contributed by atoms with Crippen LogP contribution in [0.15, 0.2) is 48.8 Å². The molecule has 2 amide bonds. The second-order valence-corrected chi connectivity index (χ2v) is 7.51. The van der Waals surface area contributed by atoms with Gasteiger partial charge in [-0.1, -0.05) is 18.2 Å². The zero-order chi connectivity index (χ0) is 19.6. The molecule has 0 radical (unpaired) electrons. The number of benzene rings is 1. The quantitative estimate of drug-likeness (QED) is 0.890. The predicted molar refractivity (Wildman–Crippen MR) is 105 cm³/mol. The maximum atomic E-state index is 12.8. The van der Waals surface area contributed by atoms with Gasteiger partial charge < -0.3 is 15.0 Å². The Hall–Kier alpha value is -2.89. The third-order valence-corrected chi connectivity index (χ3v) is 5.81. The maximum Gasteiger partial charge on any atom is 0.251 e. The number of nitrogens with zero attached hydrogens (tertiary/aromatic N) is 2. The molecule has 0 saturated carbocycles. The van der Waals surface area contributed by atoms with Gasteiger partial charge in [-0.15, -0.1) is 0 Å². The van der Waals surface area contributed by atoms with Gasteiger partial charge in [0.15, 0.2) is 0 Å². The highest BCUT2D eigenvalue weighted by atomic mass is 16.5. The number of carbonyl (C=O) groups is 2. The summed E-state index contributed by atoms with van der Waals surface area (Å²) < 4.78 is 6.46. The number of aromatic nitrogens is 1. The first-order valence-electron chi connectivity index (χ1n) is 9.87. The Balaban J connectivity index is 1.61. The van der Waals surface area contributed by atoms with Crippen molar-refractivity contribution >= 4 is 11.8 Å². The van der Waals surface area contributed by atoms with Gasteiger partial charge in [0.2, 0.25) is 5.91 Å². The van der Waals surface area contributed by atoms with Crippen LogP contribution >= 0.6 is 0 Å². The van der Waals surface area contributed by atoms with Crippen LogP contribution < -0.4 is 10.1 Å². The van der Waals surface area contributed by atoms with E-state index in [0.29, 0.717) is 37.9 Å². The highest BCUT2D eigenvalue weighted by Gasteiger charge is 2.43. The Kier molecular flexibility index (Phi) is 5.03. The van der Waals surface area contributed by atoms with Gasteiger partial charge in [0, 0.05) is 55.9 Å². The summed E-state index contributed by atoms with van der Waals surface area (Å²) >= 11 is 0. The number of pyridine rings is 1. The lowest BCUT2D eigenvalue weighted by atomic mass is 9.82. The van der Waals surface area contributed by atoms with Gasteiger partial charge in [-0.05, 0) is 31.5 Å². The second kappa shape index (κ2) is 7.62. The van der Waals surface area contributed by atoms with Crippen molar-refractivity contribution in [1.29, 1.82) is 0 Å². The molecule has 146 valence electrons. The minimum absolute atomic E-state index is 0.126. The molecule has 0 bridgehead atoms. The van der Waals surface area contributed by atoms with Crippen molar-refractivity contribution in [3.8, 4) is 5.75 Å². The van der Waals surface area contributed by atoms with Crippen molar-refractivity contribution in [2.45, 2.75) is 44.2 Å². The van der Waals surface area contributed by atoms with E-state index in [1.54, 1.807) is 24.5 Å². The second-order valence-electron chi connectivity index (χ2n) is 7.51. The fourth-order valence-corrected chi connectivity index (χ4v) is 4.21. The SMILES string of the molecule is CCN1CC[C@]2(CCC1=O)C[C@@H](NC(=O)c1ccncc1)c1ccccc1O2. The van der Waals surface area contributed by atoms with E-state index < -0.39 is 5.60 Å². The molecule has 3 heterocycles. The molecular weight excluding hydrogens is 354 g/mol. The van der Waals surface area contributed by atoms with Crippen LogP contribution in [0.25, 0.3) is 0 Å². The minimum atomic E-state index is -0.440. The average Bonchev–Trinajstić information content (AvgIpc) is 2.87. The van der Waals surface area contributed by atoms with Crippen LogP contribution in [0, 0.1) is 0 Å². The summed E-state index contributed by atoms with van der Waals surface area (Å²) in [6.07, 6.45) is 5.79. The smallest absolute Gasteiger partial charge is 0.251 e.